The second-order valence-corrected chi connectivity index (χ2v) is 7.15. The van der Waals surface area contributed by atoms with Crippen LogP contribution in [0.3, 0.4) is 0 Å². The maximum Gasteiger partial charge on any atom is 0.182 e. The van der Waals surface area contributed by atoms with E-state index in [0.29, 0.717) is 0 Å². The van der Waals surface area contributed by atoms with Crippen LogP contribution in [0.1, 0.15) is 30.0 Å². The number of hydrogen-bond donors (Lipinski definition) is 0. The number of methoxy groups -OCH3 is 2. The fourth-order valence-corrected chi connectivity index (χ4v) is 3.86. The summed E-state index contributed by atoms with van der Waals surface area (Å²) in [4.78, 5) is 2.40. The van der Waals surface area contributed by atoms with Gasteiger partial charge in [-0.3, -0.25) is 9.58 Å². The lowest BCUT2D eigenvalue weighted by Crippen LogP contribution is -2.36. The Morgan fingerprint density at radius 3 is 2.61 bits per heavy atom. The topological polar surface area (TPSA) is 70.2 Å². The first kappa shape index (κ1) is 18.5. The molecule has 4 rings (SSSR count). The summed E-state index contributed by atoms with van der Waals surface area (Å²) in [5.41, 5.74) is 3.10. The highest BCUT2D eigenvalue weighted by atomic mass is 16.5. The van der Waals surface area contributed by atoms with E-state index in [0.717, 1.165) is 59.7 Å². The van der Waals surface area contributed by atoms with E-state index in [2.05, 4.69) is 43.8 Å². The first-order valence-electron chi connectivity index (χ1n) is 9.41. The van der Waals surface area contributed by atoms with E-state index < -0.39 is 0 Å². The Bertz CT molecular complexity index is 993. The molecule has 0 radical (unpaired) electrons. The molecule has 0 saturated heterocycles. The van der Waals surface area contributed by atoms with E-state index in [-0.39, 0.29) is 6.04 Å². The van der Waals surface area contributed by atoms with Gasteiger partial charge in [0.05, 0.1) is 26.0 Å². The molecule has 0 bridgehead atoms. The van der Waals surface area contributed by atoms with E-state index in [1.54, 1.807) is 14.2 Å². The summed E-state index contributed by atoms with van der Waals surface area (Å²) in [6, 6.07) is 8.16. The van der Waals surface area contributed by atoms with Crippen LogP contribution >= 0.6 is 0 Å². The van der Waals surface area contributed by atoms with Gasteiger partial charge in [-0.15, -0.1) is 10.2 Å². The van der Waals surface area contributed by atoms with Crippen LogP contribution in [-0.4, -0.2) is 50.2 Å². The van der Waals surface area contributed by atoms with Crippen molar-refractivity contribution in [3.05, 3.63) is 41.3 Å². The molecule has 28 heavy (non-hydrogen) atoms. The van der Waals surface area contributed by atoms with Crippen LogP contribution in [0.2, 0.25) is 0 Å². The largest absolute Gasteiger partial charge is 0.497 e. The molecule has 0 amide bonds. The van der Waals surface area contributed by atoms with Crippen molar-refractivity contribution in [2.75, 3.05) is 20.8 Å². The van der Waals surface area contributed by atoms with Gasteiger partial charge in [0.25, 0.3) is 0 Å². The van der Waals surface area contributed by atoms with Crippen molar-refractivity contribution < 1.29 is 9.47 Å². The lowest BCUT2D eigenvalue weighted by atomic mass is 10.1. The SMILES string of the molecule is COc1ccc(CN2CCn3c(-c4cc(C)nn4C)nnc3[C@@H]2C)c(OC)c1. The summed E-state index contributed by atoms with van der Waals surface area (Å²) in [6.45, 7) is 6.69. The highest BCUT2D eigenvalue weighted by Crippen LogP contribution is 2.32. The zero-order valence-corrected chi connectivity index (χ0v) is 17.0. The van der Waals surface area contributed by atoms with E-state index in [1.807, 2.05) is 30.8 Å². The zero-order valence-electron chi connectivity index (χ0n) is 17.0. The number of ether oxygens (including phenoxy) is 2. The summed E-state index contributed by atoms with van der Waals surface area (Å²) in [6.07, 6.45) is 0. The molecular formula is C20H26N6O2. The first-order chi connectivity index (χ1) is 13.5. The third-order valence-electron chi connectivity index (χ3n) is 5.41. The molecule has 3 aromatic rings. The number of aryl methyl sites for hydroxylation is 2. The molecule has 1 aromatic carbocycles. The highest BCUT2D eigenvalue weighted by Gasteiger charge is 2.30. The van der Waals surface area contributed by atoms with Gasteiger partial charge in [-0.05, 0) is 26.0 Å². The van der Waals surface area contributed by atoms with Crippen LogP contribution in [0.25, 0.3) is 11.5 Å². The van der Waals surface area contributed by atoms with Crippen molar-refractivity contribution in [1.82, 2.24) is 29.4 Å². The van der Waals surface area contributed by atoms with Crippen molar-refractivity contribution >= 4 is 0 Å². The minimum atomic E-state index is 0.149. The molecule has 3 heterocycles. The number of benzene rings is 1. The molecule has 0 spiro atoms. The van der Waals surface area contributed by atoms with Crippen LogP contribution < -0.4 is 9.47 Å². The molecule has 0 unspecified atom stereocenters. The van der Waals surface area contributed by atoms with Gasteiger partial charge < -0.3 is 14.0 Å². The molecule has 0 saturated carbocycles. The van der Waals surface area contributed by atoms with Gasteiger partial charge in [-0.25, -0.2) is 0 Å². The molecule has 2 aromatic heterocycles. The van der Waals surface area contributed by atoms with Gasteiger partial charge in [0, 0.05) is 38.3 Å². The quantitative estimate of drug-likeness (QED) is 0.676. The number of rotatable bonds is 5. The molecule has 0 aliphatic carbocycles. The molecule has 0 N–H and O–H groups in total. The van der Waals surface area contributed by atoms with E-state index >= 15 is 0 Å². The normalized spacial score (nSPS) is 16.8. The van der Waals surface area contributed by atoms with Gasteiger partial charge >= 0.3 is 0 Å². The van der Waals surface area contributed by atoms with E-state index in [9.17, 15) is 0 Å². The van der Waals surface area contributed by atoms with Crippen molar-refractivity contribution in [3.63, 3.8) is 0 Å². The van der Waals surface area contributed by atoms with Crippen molar-refractivity contribution in [1.29, 1.82) is 0 Å². The Hall–Kier alpha value is -2.87. The average molecular weight is 382 g/mol. The molecule has 1 aliphatic rings. The average Bonchev–Trinajstić information content (AvgIpc) is 3.26. The Balaban J connectivity index is 1.60. The van der Waals surface area contributed by atoms with E-state index in [1.165, 1.54) is 0 Å². The van der Waals surface area contributed by atoms with Crippen LogP contribution in [0.5, 0.6) is 11.5 Å². The molecule has 1 aliphatic heterocycles. The summed E-state index contributed by atoms with van der Waals surface area (Å²) in [7, 11) is 5.30. The second kappa shape index (κ2) is 7.27. The number of aromatic nitrogens is 5. The zero-order chi connectivity index (χ0) is 19.8. The van der Waals surface area contributed by atoms with Gasteiger partial charge in [-0.1, -0.05) is 6.07 Å². The molecular weight excluding hydrogens is 356 g/mol. The molecule has 0 fully saturated rings. The van der Waals surface area contributed by atoms with Gasteiger partial charge in [0.1, 0.15) is 17.2 Å². The lowest BCUT2D eigenvalue weighted by molar-refractivity contribution is 0.155. The monoisotopic (exact) mass is 382 g/mol. The minimum Gasteiger partial charge on any atom is -0.497 e. The number of nitrogens with zero attached hydrogens (tertiary/aromatic N) is 6. The summed E-state index contributed by atoms with van der Waals surface area (Å²) in [5, 5.41) is 13.4. The number of hydrogen-bond acceptors (Lipinski definition) is 6. The van der Waals surface area contributed by atoms with Crippen LogP contribution in [-0.2, 0) is 20.1 Å². The van der Waals surface area contributed by atoms with Crippen LogP contribution in [0, 0.1) is 6.92 Å². The third-order valence-corrected chi connectivity index (χ3v) is 5.41. The predicted octanol–water partition coefficient (Wildman–Crippen LogP) is 2.58. The molecule has 8 nitrogen and oxygen atoms in total. The maximum absolute atomic E-state index is 5.56. The number of fused-ring (bicyclic) bond motifs is 1. The van der Waals surface area contributed by atoms with Crippen LogP contribution in [0.15, 0.2) is 24.3 Å². The Labute approximate surface area is 164 Å². The van der Waals surface area contributed by atoms with Gasteiger partial charge in [0.15, 0.2) is 11.6 Å². The van der Waals surface area contributed by atoms with Gasteiger partial charge in [-0.2, -0.15) is 5.10 Å². The van der Waals surface area contributed by atoms with Crippen molar-refractivity contribution in [2.45, 2.75) is 33.0 Å². The Morgan fingerprint density at radius 1 is 1.11 bits per heavy atom. The van der Waals surface area contributed by atoms with Crippen molar-refractivity contribution in [2.24, 2.45) is 7.05 Å². The summed E-state index contributed by atoms with van der Waals surface area (Å²) in [5.74, 6) is 3.49. The first-order valence-corrected chi connectivity index (χ1v) is 9.41. The fourth-order valence-electron chi connectivity index (χ4n) is 3.86. The molecule has 8 heteroatoms. The Kier molecular flexibility index (Phi) is 4.80. The predicted molar refractivity (Wildman–Crippen MR) is 105 cm³/mol. The lowest BCUT2D eigenvalue weighted by Gasteiger charge is -2.34. The summed E-state index contributed by atoms with van der Waals surface area (Å²) < 4.78 is 14.9. The standard InChI is InChI=1S/C20H26N6O2/c1-13-10-17(24(3)23-13)20-22-21-19-14(2)25(8-9-26(19)20)12-15-6-7-16(27-4)11-18(15)28-5/h6-7,10-11,14H,8-9,12H2,1-5H3/t14-/m0/s1. The van der Waals surface area contributed by atoms with Crippen LogP contribution in [0.4, 0.5) is 0 Å². The van der Waals surface area contributed by atoms with Crippen molar-refractivity contribution in [3.8, 4) is 23.0 Å². The highest BCUT2D eigenvalue weighted by molar-refractivity contribution is 5.51. The maximum atomic E-state index is 5.56. The Morgan fingerprint density at radius 2 is 1.93 bits per heavy atom. The minimum absolute atomic E-state index is 0.149. The smallest absolute Gasteiger partial charge is 0.182 e. The fraction of sp³-hybridized carbons (Fsp3) is 0.450. The molecule has 1 atom stereocenters. The van der Waals surface area contributed by atoms with Gasteiger partial charge in [0.2, 0.25) is 0 Å². The summed E-state index contributed by atoms with van der Waals surface area (Å²) >= 11 is 0. The van der Waals surface area contributed by atoms with E-state index in [4.69, 9.17) is 9.47 Å². The molecule has 148 valence electrons. The third kappa shape index (κ3) is 3.13. The second-order valence-electron chi connectivity index (χ2n) is 7.15.